The Kier molecular flexibility index (Phi) is 5.81. The SMILES string of the molecule is Cc1cc(OCn2ccc(C(=O)Nc3ccc(Cl)cc3[N+](=O)[O-])n2)ccc1Cl. The number of benzene rings is 2. The molecule has 0 saturated heterocycles. The van der Waals surface area contributed by atoms with Gasteiger partial charge in [-0.25, -0.2) is 4.68 Å². The molecule has 1 heterocycles. The smallest absolute Gasteiger partial charge is 0.294 e. The summed E-state index contributed by atoms with van der Waals surface area (Å²) in [6.45, 7) is 1.94. The molecule has 0 spiro atoms. The van der Waals surface area contributed by atoms with Gasteiger partial charge >= 0.3 is 0 Å². The van der Waals surface area contributed by atoms with Crippen molar-refractivity contribution in [2.45, 2.75) is 13.7 Å². The second-order valence-corrected chi connectivity index (χ2v) is 6.64. The van der Waals surface area contributed by atoms with Crippen molar-refractivity contribution >= 4 is 40.5 Å². The van der Waals surface area contributed by atoms with Crippen LogP contribution in [0.25, 0.3) is 0 Å². The summed E-state index contributed by atoms with van der Waals surface area (Å²) in [5.74, 6) is 0.0201. The van der Waals surface area contributed by atoms with Gasteiger partial charge in [0.05, 0.1) is 4.92 Å². The number of nitro groups is 1. The van der Waals surface area contributed by atoms with E-state index < -0.39 is 10.8 Å². The molecule has 0 unspecified atom stereocenters. The Morgan fingerprint density at radius 3 is 2.75 bits per heavy atom. The highest BCUT2D eigenvalue weighted by Gasteiger charge is 2.18. The van der Waals surface area contributed by atoms with Crippen molar-refractivity contribution in [1.82, 2.24) is 9.78 Å². The van der Waals surface area contributed by atoms with Crippen LogP contribution in [0.2, 0.25) is 10.0 Å². The number of ether oxygens (including phenoxy) is 1. The van der Waals surface area contributed by atoms with Gasteiger partial charge in [0.15, 0.2) is 12.4 Å². The van der Waals surface area contributed by atoms with Crippen LogP contribution in [-0.4, -0.2) is 20.6 Å². The first kappa shape index (κ1) is 19.7. The first-order valence-electron chi connectivity index (χ1n) is 8.01. The first-order chi connectivity index (χ1) is 13.3. The minimum absolute atomic E-state index is 0.0295. The first-order valence-corrected chi connectivity index (χ1v) is 8.77. The number of aromatic nitrogens is 2. The summed E-state index contributed by atoms with van der Waals surface area (Å²) in [6.07, 6.45) is 1.56. The van der Waals surface area contributed by atoms with Crippen LogP contribution in [0.3, 0.4) is 0 Å². The molecule has 0 bridgehead atoms. The average molecular weight is 421 g/mol. The lowest BCUT2D eigenvalue weighted by Crippen LogP contribution is -2.15. The fraction of sp³-hybridized carbons (Fsp3) is 0.111. The van der Waals surface area contributed by atoms with E-state index in [1.807, 2.05) is 6.92 Å². The molecule has 0 aliphatic rings. The zero-order valence-corrected chi connectivity index (χ0v) is 16.1. The van der Waals surface area contributed by atoms with Crippen LogP contribution in [0.15, 0.2) is 48.7 Å². The van der Waals surface area contributed by atoms with Crippen molar-refractivity contribution in [3.05, 3.63) is 80.1 Å². The van der Waals surface area contributed by atoms with E-state index >= 15 is 0 Å². The van der Waals surface area contributed by atoms with Gasteiger partial charge in [0, 0.05) is 22.3 Å². The van der Waals surface area contributed by atoms with Crippen LogP contribution >= 0.6 is 23.2 Å². The summed E-state index contributed by atoms with van der Waals surface area (Å²) in [4.78, 5) is 22.8. The number of carbonyl (C=O) groups is 1. The Morgan fingerprint density at radius 2 is 2.04 bits per heavy atom. The Balaban J connectivity index is 1.67. The van der Waals surface area contributed by atoms with Crippen LogP contribution in [0, 0.1) is 17.0 Å². The van der Waals surface area contributed by atoms with E-state index in [1.165, 1.54) is 22.9 Å². The van der Waals surface area contributed by atoms with Crippen LogP contribution < -0.4 is 10.1 Å². The molecule has 0 radical (unpaired) electrons. The Morgan fingerprint density at radius 1 is 1.25 bits per heavy atom. The molecule has 0 aliphatic heterocycles. The molecule has 1 amide bonds. The van der Waals surface area contributed by atoms with E-state index in [1.54, 1.807) is 24.4 Å². The molecular formula is C18H14Cl2N4O4. The number of halogens is 2. The van der Waals surface area contributed by atoms with Crippen LogP contribution in [0.4, 0.5) is 11.4 Å². The van der Waals surface area contributed by atoms with Crippen LogP contribution in [-0.2, 0) is 6.73 Å². The Bertz CT molecular complexity index is 1050. The number of carbonyl (C=O) groups excluding carboxylic acids is 1. The van der Waals surface area contributed by atoms with E-state index in [9.17, 15) is 14.9 Å². The minimum Gasteiger partial charge on any atom is -0.471 e. The molecule has 10 heteroatoms. The zero-order chi connectivity index (χ0) is 20.3. The predicted octanol–water partition coefficient (Wildman–Crippen LogP) is 4.70. The highest BCUT2D eigenvalue weighted by molar-refractivity contribution is 6.31. The third kappa shape index (κ3) is 4.59. The molecule has 0 saturated carbocycles. The zero-order valence-electron chi connectivity index (χ0n) is 14.6. The molecule has 0 fully saturated rings. The molecule has 1 aromatic heterocycles. The second kappa shape index (κ2) is 8.28. The molecule has 2 aromatic carbocycles. The summed E-state index contributed by atoms with van der Waals surface area (Å²) < 4.78 is 7.03. The largest absolute Gasteiger partial charge is 0.471 e. The van der Waals surface area contributed by atoms with E-state index in [2.05, 4.69) is 10.4 Å². The van der Waals surface area contributed by atoms with Crippen molar-refractivity contribution < 1.29 is 14.5 Å². The molecule has 28 heavy (non-hydrogen) atoms. The number of rotatable bonds is 6. The summed E-state index contributed by atoms with van der Waals surface area (Å²) >= 11 is 11.7. The van der Waals surface area contributed by atoms with Crippen molar-refractivity contribution in [1.29, 1.82) is 0 Å². The van der Waals surface area contributed by atoms with Crippen LogP contribution in [0.5, 0.6) is 5.75 Å². The van der Waals surface area contributed by atoms with E-state index in [0.29, 0.717) is 10.8 Å². The number of hydrogen-bond donors (Lipinski definition) is 1. The van der Waals surface area contributed by atoms with E-state index in [-0.39, 0.29) is 28.8 Å². The Labute approximate surface area is 169 Å². The molecule has 144 valence electrons. The normalized spacial score (nSPS) is 10.5. The number of nitro benzene ring substituents is 1. The maximum absolute atomic E-state index is 12.3. The topological polar surface area (TPSA) is 99.3 Å². The molecule has 3 aromatic rings. The van der Waals surface area contributed by atoms with Gasteiger partial charge in [-0.05, 0) is 48.9 Å². The highest BCUT2D eigenvalue weighted by atomic mass is 35.5. The number of amides is 1. The minimum atomic E-state index is -0.623. The van der Waals surface area contributed by atoms with Crippen molar-refractivity contribution in [2.75, 3.05) is 5.32 Å². The van der Waals surface area contributed by atoms with Gasteiger partial charge in [0.25, 0.3) is 11.6 Å². The summed E-state index contributed by atoms with van der Waals surface area (Å²) in [7, 11) is 0. The third-order valence-electron chi connectivity index (χ3n) is 3.77. The standard InChI is InChI=1S/C18H14Cl2N4O4/c1-11-8-13(3-4-14(11)20)28-10-23-7-6-16(22-23)18(25)21-15-5-2-12(19)9-17(15)24(26)27/h2-9H,10H2,1H3,(H,21,25). The van der Waals surface area contributed by atoms with E-state index in [4.69, 9.17) is 27.9 Å². The molecule has 0 atom stereocenters. The summed E-state index contributed by atoms with van der Waals surface area (Å²) in [6, 6.07) is 10.7. The van der Waals surface area contributed by atoms with Gasteiger partial charge in [-0.1, -0.05) is 23.2 Å². The average Bonchev–Trinajstić information content (AvgIpc) is 3.13. The monoisotopic (exact) mass is 420 g/mol. The maximum atomic E-state index is 12.3. The van der Waals surface area contributed by atoms with Gasteiger partial charge in [-0.3, -0.25) is 14.9 Å². The number of aryl methyl sites for hydroxylation is 1. The van der Waals surface area contributed by atoms with Gasteiger partial charge in [-0.2, -0.15) is 5.10 Å². The van der Waals surface area contributed by atoms with Gasteiger partial charge in [-0.15, -0.1) is 0 Å². The molecular weight excluding hydrogens is 407 g/mol. The number of hydrogen-bond acceptors (Lipinski definition) is 5. The third-order valence-corrected chi connectivity index (χ3v) is 4.43. The quantitative estimate of drug-likeness (QED) is 0.460. The van der Waals surface area contributed by atoms with Crippen molar-refractivity contribution in [3.63, 3.8) is 0 Å². The lowest BCUT2D eigenvalue weighted by atomic mass is 10.2. The van der Waals surface area contributed by atoms with Gasteiger partial charge < -0.3 is 10.1 Å². The van der Waals surface area contributed by atoms with Gasteiger partial charge in [0.1, 0.15) is 11.4 Å². The summed E-state index contributed by atoms with van der Waals surface area (Å²) in [5.41, 5.74) is 0.688. The lowest BCUT2D eigenvalue weighted by Gasteiger charge is -2.08. The molecule has 1 N–H and O–H groups in total. The maximum Gasteiger partial charge on any atom is 0.294 e. The van der Waals surface area contributed by atoms with Crippen molar-refractivity contribution in [2.24, 2.45) is 0 Å². The van der Waals surface area contributed by atoms with Crippen LogP contribution in [0.1, 0.15) is 16.1 Å². The number of nitrogens with one attached hydrogen (secondary N) is 1. The van der Waals surface area contributed by atoms with E-state index in [0.717, 1.165) is 11.6 Å². The summed E-state index contributed by atoms with van der Waals surface area (Å²) in [5, 5.41) is 18.5. The number of anilines is 1. The molecule has 0 aliphatic carbocycles. The number of nitrogens with zero attached hydrogens (tertiary/aromatic N) is 3. The van der Waals surface area contributed by atoms with Crippen molar-refractivity contribution in [3.8, 4) is 5.75 Å². The van der Waals surface area contributed by atoms with Gasteiger partial charge in [0.2, 0.25) is 0 Å². The predicted molar refractivity (Wildman–Crippen MR) is 105 cm³/mol. The molecule has 3 rings (SSSR count). The fourth-order valence-electron chi connectivity index (χ4n) is 2.35. The Hall–Kier alpha value is -3.10. The second-order valence-electron chi connectivity index (χ2n) is 5.80. The highest BCUT2D eigenvalue weighted by Crippen LogP contribution is 2.28. The molecule has 8 nitrogen and oxygen atoms in total. The lowest BCUT2D eigenvalue weighted by molar-refractivity contribution is -0.383. The fourth-order valence-corrected chi connectivity index (χ4v) is 2.63.